The Hall–Kier alpha value is -1.56. The zero-order valence-electron chi connectivity index (χ0n) is 12.2. The molecule has 0 saturated carbocycles. The molecule has 0 bridgehead atoms. The molecular formula is C15H21NO4S. The highest BCUT2D eigenvalue weighted by molar-refractivity contribution is 7.90. The summed E-state index contributed by atoms with van der Waals surface area (Å²) >= 11 is 0. The van der Waals surface area contributed by atoms with Gasteiger partial charge >= 0.3 is 5.97 Å². The van der Waals surface area contributed by atoms with E-state index in [1.54, 1.807) is 12.1 Å². The number of anilines is 1. The molecule has 1 unspecified atom stereocenters. The van der Waals surface area contributed by atoms with Crippen LogP contribution in [0.25, 0.3) is 0 Å². The van der Waals surface area contributed by atoms with E-state index in [1.165, 1.54) is 6.26 Å². The highest BCUT2D eigenvalue weighted by atomic mass is 32.2. The van der Waals surface area contributed by atoms with Crippen molar-refractivity contribution in [3.63, 3.8) is 0 Å². The molecule has 1 aromatic rings. The largest absolute Gasteiger partial charge is 0.481 e. The fourth-order valence-electron chi connectivity index (χ4n) is 2.77. The molecule has 1 N–H and O–H groups in total. The highest BCUT2D eigenvalue weighted by Crippen LogP contribution is 2.26. The zero-order valence-corrected chi connectivity index (χ0v) is 13.0. The van der Waals surface area contributed by atoms with Crippen molar-refractivity contribution in [1.29, 1.82) is 0 Å². The van der Waals surface area contributed by atoms with Gasteiger partial charge in [-0.05, 0) is 49.4 Å². The SMILES string of the molecule is CS(=O)(=O)c1ccc(N2CCCC(CCC(=O)O)C2)cc1. The topological polar surface area (TPSA) is 74.7 Å². The van der Waals surface area contributed by atoms with Gasteiger partial charge < -0.3 is 10.0 Å². The maximum atomic E-state index is 11.5. The number of carboxylic acids is 1. The summed E-state index contributed by atoms with van der Waals surface area (Å²) in [5.41, 5.74) is 1.00. The highest BCUT2D eigenvalue weighted by Gasteiger charge is 2.21. The number of hydrogen-bond acceptors (Lipinski definition) is 4. The average Bonchev–Trinajstić information content (AvgIpc) is 2.45. The third-order valence-corrected chi connectivity index (χ3v) is 5.04. The quantitative estimate of drug-likeness (QED) is 0.902. The summed E-state index contributed by atoms with van der Waals surface area (Å²) in [7, 11) is -3.16. The van der Waals surface area contributed by atoms with Crippen molar-refractivity contribution in [3.05, 3.63) is 24.3 Å². The summed E-state index contributed by atoms with van der Waals surface area (Å²) in [6, 6.07) is 6.92. The van der Waals surface area contributed by atoms with Gasteiger partial charge in [-0.1, -0.05) is 0 Å². The number of carbonyl (C=O) groups is 1. The summed E-state index contributed by atoms with van der Waals surface area (Å²) in [6.45, 7) is 1.77. The molecule has 1 aliphatic heterocycles. The summed E-state index contributed by atoms with van der Waals surface area (Å²) in [5.74, 6) is -0.353. The van der Waals surface area contributed by atoms with Gasteiger partial charge in [0.05, 0.1) is 4.90 Å². The Morgan fingerprint density at radius 1 is 1.33 bits per heavy atom. The van der Waals surface area contributed by atoms with Gasteiger partial charge in [0.15, 0.2) is 9.84 Å². The average molecular weight is 311 g/mol. The number of hydrogen-bond donors (Lipinski definition) is 1. The van der Waals surface area contributed by atoms with Crippen molar-refractivity contribution in [2.45, 2.75) is 30.6 Å². The number of sulfone groups is 1. The van der Waals surface area contributed by atoms with Crippen LogP contribution in [0.2, 0.25) is 0 Å². The van der Waals surface area contributed by atoms with Gasteiger partial charge in [0.1, 0.15) is 0 Å². The van der Waals surface area contributed by atoms with Crippen LogP contribution < -0.4 is 4.90 Å². The third-order valence-electron chi connectivity index (χ3n) is 3.92. The van der Waals surface area contributed by atoms with Gasteiger partial charge in [0, 0.05) is 31.5 Å². The van der Waals surface area contributed by atoms with Gasteiger partial charge in [-0.2, -0.15) is 0 Å². The van der Waals surface area contributed by atoms with Crippen LogP contribution in [0.1, 0.15) is 25.7 Å². The molecule has 6 heteroatoms. The van der Waals surface area contributed by atoms with Crippen molar-refractivity contribution in [2.75, 3.05) is 24.2 Å². The van der Waals surface area contributed by atoms with E-state index in [1.807, 2.05) is 12.1 Å². The lowest BCUT2D eigenvalue weighted by Crippen LogP contribution is -2.35. The van der Waals surface area contributed by atoms with E-state index in [0.717, 1.165) is 31.6 Å². The molecule has 0 radical (unpaired) electrons. The van der Waals surface area contributed by atoms with Crippen LogP contribution in [0.4, 0.5) is 5.69 Å². The number of piperidine rings is 1. The van der Waals surface area contributed by atoms with Gasteiger partial charge in [-0.15, -0.1) is 0 Å². The monoisotopic (exact) mass is 311 g/mol. The van der Waals surface area contributed by atoms with Crippen LogP contribution in [0.5, 0.6) is 0 Å². The smallest absolute Gasteiger partial charge is 0.303 e. The van der Waals surface area contributed by atoms with E-state index >= 15 is 0 Å². The molecule has 0 aliphatic carbocycles. The van der Waals surface area contributed by atoms with E-state index in [4.69, 9.17) is 5.11 Å². The molecule has 5 nitrogen and oxygen atoms in total. The minimum Gasteiger partial charge on any atom is -0.481 e. The molecule has 0 amide bonds. The van der Waals surface area contributed by atoms with Crippen LogP contribution in [0, 0.1) is 5.92 Å². The summed E-state index contributed by atoms with van der Waals surface area (Å²) in [4.78, 5) is 13.2. The van der Waals surface area contributed by atoms with E-state index in [2.05, 4.69) is 4.90 Å². The van der Waals surface area contributed by atoms with Crippen LogP contribution in [-0.2, 0) is 14.6 Å². The second-order valence-electron chi connectivity index (χ2n) is 5.65. The van der Waals surface area contributed by atoms with Crippen LogP contribution in [0.15, 0.2) is 29.2 Å². The van der Waals surface area contributed by atoms with E-state index in [9.17, 15) is 13.2 Å². The van der Waals surface area contributed by atoms with Gasteiger partial charge in [0.25, 0.3) is 0 Å². The lowest BCUT2D eigenvalue weighted by atomic mass is 9.93. The second-order valence-corrected chi connectivity index (χ2v) is 7.67. The predicted octanol–water partition coefficient (Wildman–Crippen LogP) is 2.17. The molecule has 1 saturated heterocycles. The lowest BCUT2D eigenvalue weighted by Gasteiger charge is -2.34. The van der Waals surface area contributed by atoms with Crippen molar-refractivity contribution in [3.8, 4) is 0 Å². The molecule has 1 atom stereocenters. The summed E-state index contributed by atoms with van der Waals surface area (Å²) in [6.07, 6.45) is 4.22. The Kier molecular flexibility index (Phi) is 4.88. The first-order valence-electron chi connectivity index (χ1n) is 7.13. The number of aliphatic carboxylic acids is 1. The zero-order chi connectivity index (χ0) is 15.5. The molecule has 1 aliphatic rings. The Bertz CT molecular complexity index is 595. The minimum absolute atomic E-state index is 0.214. The van der Waals surface area contributed by atoms with E-state index in [0.29, 0.717) is 17.2 Å². The van der Waals surface area contributed by atoms with Crippen molar-refractivity contribution >= 4 is 21.5 Å². The predicted molar refractivity (Wildman–Crippen MR) is 81.4 cm³/mol. The maximum Gasteiger partial charge on any atom is 0.303 e. The lowest BCUT2D eigenvalue weighted by molar-refractivity contribution is -0.137. The summed E-state index contributed by atoms with van der Waals surface area (Å²) in [5, 5.41) is 8.76. The Morgan fingerprint density at radius 2 is 2.00 bits per heavy atom. The van der Waals surface area contributed by atoms with Crippen molar-refractivity contribution in [1.82, 2.24) is 0 Å². The fraction of sp³-hybridized carbons (Fsp3) is 0.533. The summed E-state index contributed by atoms with van der Waals surface area (Å²) < 4.78 is 22.9. The number of carboxylic acid groups (broad SMARTS) is 1. The fourth-order valence-corrected chi connectivity index (χ4v) is 3.40. The molecule has 0 spiro atoms. The first kappa shape index (κ1) is 15.8. The first-order chi connectivity index (χ1) is 9.86. The Labute approximate surface area is 125 Å². The normalized spacial score (nSPS) is 19.5. The second kappa shape index (κ2) is 6.47. The molecule has 2 rings (SSSR count). The Morgan fingerprint density at radius 3 is 2.57 bits per heavy atom. The van der Waals surface area contributed by atoms with Crippen LogP contribution >= 0.6 is 0 Å². The number of rotatable bonds is 5. The first-order valence-corrected chi connectivity index (χ1v) is 9.02. The van der Waals surface area contributed by atoms with Crippen LogP contribution in [-0.4, -0.2) is 38.8 Å². The molecule has 1 aromatic carbocycles. The Balaban J connectivity index is 2.02. The molecule has 0 aromatic heterocycles. The van der Waals surface area contributed by atoms with Crippen LogP contribution in [0.3, 0.4) is 0 Å². The minimum atomic E-state index is -3.16. The van der Waals surface area contributed by atoms with E-state index < -0.39 is 15.8 Å². The van der Waals surface area contributed by atoms with Gasteiger partial charge in [-0.25, -0.2) is 8.42 Å². The molecule has 1 heterocycles. The van der Waals surface area contributed by atoms with Crippen molar-refractivity contribution in [2.24, 2.45) is 5.92 Å². The number of nitrogens with zero attached hydrogens (tertiary/aromatic N) is 1. The number of benzene rings is 1. The third kappa shape index (κ3) is 4.46. The standard InChI is InChI=1S/C15H21NO4S/c1-21(19,20)14-7-5-13(6-8-14)16-10-2-3-12(11-16)4-9-15(17)18/h5-8,12H,2-4,9-11H2,1H3,(H,17,18). The van der Waals surface area contributed by atoms with Gasteiger partial charge in [0.2, 0.25) is 0 Å². The van der Waals surface area contributed by atoms with E-state index in [-0.39, 0.29) is 6.42 Å². The van der Waals surface area contributed by atoms with Crippen molar-refractivity contribution < 1.29 is 18.3 Å². The maximum absolute atomic E-state index is 11.5. The molecule has 21 heavy (non-hydrogen) atoms. The molecule has 116 valence electrons. The molecule has 1 fully saturated rings. The molecular weight excluding hydrogens is 290 g/mol. The van der Waals surface area contributed by atoms with Gasteiger partial charge in [-0.3, -0.25) is 4.79 Å².